The van der Waals surface area contributed by atoms with Crippen molar-refractivity contribution < 1.29 is 0 Å². The van der Waals surface area contributed by atoms with E-state index in [1.54, 1.807) is 0 Å². The average Bonchev–Trinajstić information content (AvgIpc) is 2.84. The lowest BCUT2D eigenvalue weighted by molar-refractivity contribution is 0.494. The van der Waals surface area contributed by atoms with Crippen molar-refractivity contribution in [2.45, 2.75) is 27.3 Å². The molecule has 3 rings (SSSR count). The molecule has 3 heteroatoms. The first-order valence-electron chi connectivity index (χ1n) is 8.03. The van der Waals surface area contributed by atoms with Crippen LogP contribution in [0.15, 0.2) is 30.5 Å². The minimum absolute atomic E-state index is 0.743. The van der Waals surface area contributed by atoms with Gasteiger partial charge in [-0.15, -0.1) is 0 Å². The molecule has 0 amide bonds. The van der Waals surface area contributed by atoms with E-state index in [1.807, 2.05) is 6.20 Å². The van der Waals surface area contributed by atoms with Crippen molar-refractivity contribution in [1.29, 1.82) is 0 Å². The predicted molar refractivity (Wildman–Crippen MR) is 89.7 cm³/mol. The van der Waals surface area contributed by atoms with E-state index >= 15 is 0 Å². The number of aromatic nitrogens is 1. The Hall–Kier alpha value is -1.61. The second-order valence-electron chi connectivity index (χ2n) is 6.29. The maximum absolute atomic E-state index is 4.80. The number of hydrogen-bond donors (Lipinski definition) is 1. The smallest absolute Gasteiger partial charge is 0.136 e. The SMILES string of the molecule is CCNCc1cnc(N2CC(C)C(C)C2)c2ccccc12. The average molecular weight is 283 g/mol. The van der Waals surface area contributed by atoms with Gasteiger partial charge in [0.15, 0.2) is 0 Å². The van der Waals surface area contributed by atoms with Crippen LogP contribution in [0, 0.1) is 11.8 Å². The molecule has 1 aliphatic heterocycles. The van der Waals surface area contributed by atoms with Crippen molar-refractivity contribution in [1.82, 2.24) is 10.3 Å². The van der Waals surface area contributed by atoms with Gasteiger partial charge in [0.25, 0.3) is 0 Å². The van der Waals surface area contributed by atoms with E-state index in [9.17, 15) is 0 Å². The Bertz CT molecular complexity index is 613. The van der Waals surface area contributed by atoms with Crippen LogP contribution in [0.25, 0.3) is 10.8 Å². The van der Waals surface area contributed by atoms with Gasteiger partial charge < -0.3 is 10.2 Å². The lowest BCUT2D eigenvalue weighted by atomic mass is 10.0. The molecule has 1 aromatic heterocycles. The summed E-state index contributed by atoms with van der Waals surface area (Å²) in [5.74, 6) is 2.64. The zero-order valence-corrected chi connectivity index (χ0v) is 13.3. The van der Waals surface area contributed by atoms with Crippen LogP contribution in [-0.4, -0.2) is 24.6 Å². The predicted octanol–water partition coefficient (Wildman–Crippen LogP) is 3.44. The Balaban J connectivity index is 2.01. The van der Waals surface area contributed by atoms with Gasteiger partial charge in [-0.25, -0.2) is 4.98 Å². The normalized spacial score (nSPS) is 22.1. The maximum atomic E-state index is 4.80. The van der Waals surface area contributed by atoms with Crippen LogP contribution in [-0.2, 0) is 6.54 Å². The third-order valence-corrected chi connectivity index (χ3v) is 4.71. The fourth-order valence-corrected chi connectivity index (χ4v) is 3.19. The summed E-state index contributed by atoms with van der Waals surface area (Å²) in [5, 5.41) is 6.02. The first-order valence-corrected chi connectivity index (χ1v) is 8.03. The van der Waals surface area contributed by atoms with Crippen molar-refractivity contribution >= 4 is 16.6 Å². The highest BCUT2D eigenvalue weighted by atomic mass is 15.2. The molecule has 2 atom stereocenters. The topological polar surface area (TPSA) is 28.2 Å². The number of pyridine rings is 1. The zero-order valence-electron chi connectivity index (χ0n) is 13.3. The van der Waals surface area contributed by atoms with Crippen molar-refractivity contribution in [2.24, 2.45) is 11.8 Å². The van der Waals surface area contributed by atoms with E-state index in [2.05, 4.69) is 55.3 Å². The zero-order chi connectivity index (χ0) is 14.8. The lowest BCUT2D eigenvalue weighted by Gasteiger charge is -2.20. The molecule has 0 spiro atoms. The van der Waals surface area contributed by atoms with Gasteiger partial charge in [0, 0.05) is 31.2 Å². The molecule has 0 aliphatic carbocycles. The molecule has 1 saturated heterocycles. The molecule has 2 heterocycles. The van der Waals surface area contributed by atoms with E-state index in [4.69, 9.17) is 4.98 Å². The molecule has 0 saturated carbocycles. The van der Waals surface area contributed by atoms with Crippen LogP contribution in [0.5, 0.6) is 0 Å². The fraction of sp³-hybridized carbons (Fsp3) is 0.500. The number of anilines is 1. The van der Waals surface area contributed by atoms with E-state index in [1.165, 1.54) is 16.3 Å². The van der Waals surface area contributed by atoms with Crippen LogP contribution >= 0.6 is 0 Å². The molecule has 0 radical (unpaired) electrons. The number of nitrogens with one attached hydrogen (secondary N) is 1. The van der Waals surface area contributed by atoms with Crippen molar-refractivity contribution in [3.05, 3.63) is 36.0 Å². The number of hydrogen-bond acceptors (Lipinski definition) is 3. The highest BCUT2D eigenvalue weighted by Gasteiger charge is 2.27. The highest BCUT2D eigenvalue weighted by Crippen LogP contribution is 2.32. The van der Waals surface area contributed by atoms with Crippen molar-refractivity contribution in [3.8, 4) is 0 Å². The first-order chi connectivity index (χ1) is 10.2. The van der Waals surface area contributed by atoms with Crippen LogP contribution in [0.4, 0.5) is 5.82 Å². The Morgan fingerprint density at radius 3 is 2.48 bits per heavy atom. The molecule has 0 bridgehead atoms. The molecule has 2 unspecified atom stereocenters. The van der Waals surface area contributed by atoms with E-state index < -0.39 is 0 Å². The summed E-state index contributed by atoms with van der Waals surface area (Å²) < 4.78 is 0. The number of rotatable bonds is 4. The summed E-state index contributed by atoms with van der Waals surface area (Å²) in [4.78, 5) is 7.25. The van der Waals surface area contributed by atoms with Crippen molar-refractivity contribution in [2.75, 3.05) is 24.5 Å². The third kappa shape index (κ3) is 2.75. The Morgan fingerprint density at radius 2 is 1.81 bits per heavy atom. The molecule has 21 heavy (non-hydrogen) atoms. The van der Waals surface area contributed by atoms with Crippen molar-refractivity contribution in [3.63, 3.8) is 0 Å². The van der Waals surface area contributed by atoms with Crippen LogP contribution in [0.1, 0.15) is 26.3 Å². The monoisotopic (exact) mass is 283 g/mol. The largest absolute Gasteiger partial charge is 0.356 e. The van der Waals surface area contributed by atoms with E-state index in [-0.39, 0.29) is 0 Å². The second-order valence-corrected chi connectivity index (χ2v) is 6.29. The van der Waals surface area contributed by atoms with Crippen LogP contribution in [0.2, 0.25) is 0 Å². The summed E-state index contributed by atoms with van der Waals surface area (Å²) in [7, 11) is 0. The second kappa shape index (κ2) is 6.02. The molecular weight excluding hydrogens is 258 g/mol. The molecule has 2 aromatic rings. The van der Waals surface area contributed by atoms with Gasteiger partial charge in [-0.2, -0.15) is 0 Å². The van der Waals surface area contributed by atoms with Crippen LogP contribution in [0.3, 0.4) is 0 Å². The third-order valence-electron chi connectivity index (χ3n) is 4.71. The summed E-state index contributed by atoms with van der Waals surface area (Å²) in [6, 6.07) is 8.67. The summed E-state index contributed by atoms with van der Waals surface area (Å²) >= 11 is 0. The molecule has 1 fully saturated rings. The van der Waals surface area contributed by atoms with E-state index in [0.29, 0.717) is 0 Å². The van der Waals surface area contributed by atoms with Gasteiger partial charge in [0.1, 0.15) is 5.82 Å². The molecule has 3 nitrogen and oxygen atoms in total. The Morgan fingerprint density at radius 1 is 1.14 bits per heavy atom. The molecule has 1 aliphatic rings. The minimum atomic E-state index is 0.743. The van der Waals surface area contributed by atoms with E-state index in [0.717, 1.165) is 43.8 Å². The van der Waals surface area contributed by atoms with Gasteiger partial charge in [0.05, 0.1) is 0 Å². The molecule has 1 aromatic carbocycles. The Labute approximate surface area is 127 Å². The molecule has 112 valence electrons. The Kier molecular flexibility index (Phi) is 4.11. The number of nitrogens with zero attached hydrogens (tertiary/aromatic N) is 2. The van der Waals surface area contributed by atoms with Gasteiger partial charge in [-0.1, -0.05) is 45.0 Å². The van der Waals surface area contributed by atoms with Gasteiger partial charge in [-0.3, -0.25) is 0 Å². The minimum Gasteiger partial charge on any atom is -0.356 e. The summed E-state index contributed by atoms with van der Waals surface area (Å²) in [6.07, 6.45) is 2.05. The first kappa shape index (κ1) is 14.3. The maximum Gasteiger partial charge on any atom is 0.136 e. The summed E-state index contributed by atoms with van der Waals surface area (Å²) in [5.41, 5.74) is 1.29. The molecule has 1 N–H and O–H groups in total. The van der Waals surface area contributed by atoms with Crippen LogP contribution < -0.4 is 10.2 Å². The summed E-state index contributed by atoms with van der Waals surface area (Å²) in [6.45, 7) is 10.9. The lowest BCUT2D eigenvalue weighted by Crippen LogP contribution is -2.21. The van der Waals surface area contributed by atoms with Gasteiger partial charge in [0.2, 0.25) is 0 Å². The highest BCUT2D eigenvalue weighted by molar-refractivity contribution is 5.94. The molecular formula is C18H25N3. The number of benzene rings is 1. The quantitative estimate of drug-likeness (QED) is 0.931. The van der Waals surface area contributed by atoms with Gasteiger partial charge in [-0.05, 0) is 29.3 Å². The fourth-order valence-electron chi connectivity index (χ4n) is 3.19. The standard InChI is InChI=1S/C18H25N3/c1-4-19-9-15-10-20-18(17-8-6-5-7-16(15)17)21-11-13(2)14(3)12-21/h5-8,10,13-14,19H,4,9,11-12H2,1-3H3. The van der Waals surface area contributed by atoms with Gasteiger partial charge >= 0.3 is 0 Å². The number of fused-ring (bicyclic) bond motifs is 1.